The predicted molar refractivity (Wildman–Crippen MR) is 53.4 cm³/mol. The van der Waals surface area contributed by atoms with Crippen molar-refractivity contribution in [3.8, 4) is 0 Å². The van der Waals surface area contributed by atoms with E-state index in [9.17, 15) is 4.57 Å². The molecule has 0 saturated carbocycles. The van der Waals surface area contributed by atoms with Gasteiger partial charge in [-0.2, -0.15) is 0 Å². The summed E-state index contributed by atoms with van der Waals surface area (Å²) in [6.07, 6.45) is 0.176. The van der Waals surface area contributed by atoms with Crippen LogP contribution in [0.1, 0.15) is 39.5 Å². The van der Waals surface area contributed by atoms with Gasteiger partial charge in [0, 0.05) is 15.5 Å². The van der Waals surface area contributed by atoms with Crippen molar-refractivity contribution in [1.82, 2.24) is 0 Å². The Hall–Kier alpha value is 0.630. The highest BCUT2D eigenvalue weighted by molar-refractivity contribution is 9.39. The first kappa shape index (κ1) is 12.6. The van der Waals surface area contributed by atoms with E-state index in [2.05, 4.69) is 22.4 Å². The Morgan fingerprint density at radius 3 is 2.50 bits per heavy atom. The van der Waals surface area contributed by atoms with Gasteiger partial charge in [0.1, 0.15) is 0 Å². The largest absolute Gasteiger partial charge is 0.393 e. The minimum Gasteiger partial charge on any atom is -0.316 e. The van der Waals surface area contributed by atoms with Gasteiger partial charge in [0.15, 0.2) is 0 Å². The van der Waals surface area contributed by atoms with Gasteiger partial charge in [-0.3, -0.25) is 4.52 Å². The van der Waals surface area contributed by atoms with Gasteiger partial charge < -0.3 is 4.89 Å². The van der Waals surface area contributed by atoms with Crippen molar-refractivity contribution in [2.45, 2.75) is 45.6 Å². The highest BCUT2D eigenvalue weighted by atomic mass is 79.9. The number of unbranched alkanes of at least 4 members (excludes halogenated alkanes) is 1. The van der Waals surface area contributed by atoms with E-state index in [0.717, 1.165) is 25.7 Å². The topological polar surface area (TPSA) is 46.5 Å². The van der Waals surface area contributed by atoms with Crippen LogP contribution in [0.3, 0.4) is 0 Å². The molecular formula is C7H16BrO3P. The number of rotatable bonds is 6. The molecule has 0 aliphatic carbocycles. The summed E-state index contributed by atoms with van der Waals surface area (Å²) in [5, 5.41) is 0. The zero-order valence-corrected chi connectivity index (χ0v) is 9.98. The van der Waals surface area contributed by atoms with Crippen LogP contribution in [-0.2, 0) is 9.09 Å². The summed E-state index contributed by atoms with van der Waals surface area (Å²) < 4.78 is 15.7. The second-order valence-corrected chi connectivity index (χ2v) is 6.53. The van der Waals surface area contributed by atoms with E-state index in [1.54, 1.807) is 0 Å². The standard InChI is InChI=1S/C7H16BrO3P/c1-3-5-6-7(4-2)11-12(8,9)10/h7H,3-6H2,1-2H3,(H,9,10). The molecule has 3 nitrogen and oxygen atoms in total. The van der Waals surface area contributed by atoms with Crippen LogP contribution in [0.2, 0.25) is 0 Å². The molecule has 0 spiro atoms. The third kappa shape index (κ3) is 7.29. The lowest BCUT2D eigenvalue weighted by molar-refractivity contribution is 0.169. The molecule has 0 aromatic carbocycles. The first-order valence-corrected chi connectivity index (χ1v) is 7.80. The maximum Gasteiger partial charge on any atom is 0.393 e. The van der Waals surface area contributed by atoms with Crippen LogP contribution in [0, 0.1) is 0 Å². The molecule has 0 aliphatic heterocycles. The highest BCUT2D eigenvalue weighted by Gasteiger charge is 2.19. The Labute approximate surface area is 81.8 Å². The van der Waals surface area contributed by atoms with Gasteiger partial charge in [-0.25, -0.2) is 4.57 Å². The average molecular weight is 259 g/mol. The molecule has 0 rings (SSSR count). The molecule has 0 saturated heterocycles. The molecule has 1 N–H and O–H groups in total. The van der Waals surface area contributed by atoms with E-state index in [0.29, 0.717) is 0 Å². The lowest BCUT2D eigenvalue weighted by Gasteiger charge is -2.15. The van der Waals surface area contributed by atoms with Crippen molar-refractivity contribution < 1.29 is 14.0 Å². The molecule has 0 amide bonds. The second-order valence-electron chi connectivity index (χ2n) is 2.73. The third-order valence-electron chi connectivity index (χ3n) is 1.61. The molecule has 0 heterocycles. The highest BCUT2D eigenvalue weighted by Crippen LogP contribution is 2.52. The summed E-state index contributed by atoms with van der Waals surface area (Å²) in [6.45, 7) is 4.03. The van der Waals surface area contributed by atoms with Crippen LogP contribution in [-0.4, -0.2) is 11.0 Å². The molecule has 2 unspecified atom stereocenters. The summed E-state index contributed by atoms with van der Waals surface area (Å²) in [6, 6.07) is 0. The van der Waals surface area contributed by atoms with Gasteiger partial charge in [-0.15, -0.1) is 0 Å². The normalized spacial score (nSPS) is 18.7. The van der Waals surface area contributed by atoms with Gasteiger partial charge in [0.25, 0.3) is 0 Å². The number of hydrogen-bond donors (Lipinski definition) is 1. The van der Waals surface area contributed by atoms with Gasteiger partial charge in [0.2, 0.25) is 0 Å². The first-order chi connectivity index (χ1) is 5.49. The monoisotopic (exact) mass is 258 g/mol. The SMILES string of the molecule is CCCCC(CC)OP(=O)(O)Br. The summed E-state index contributed by atoms with van der Waals surface area (Å²) in [7, 11) is 0. The van der Waals surface area contributed by atoms with Gasteiger partial charge in [0.05, 0.1) is 6.10 Å². The molecule has 0 aromatic rings. The fraction of sp³-hybridized carbons (Fsp3) is 1.00. The van der Waals surface area contributed by atoms with E-state index >= 15 is 0 Å². The van der Waals surface area contributed by atoms with E-state index in [1.165, 1.54) is 0 Å². The first-order valence-electron chi connectivity index (χ1n) is 4.20. The van der Waals surface area contributed by atoms with Crippen molar-refractivity contribution in [1.29, 1.82) is 0 Å². The van der Waals surface area contributed by atoms with E-state index in [4.69, 9.17) is 9.42 Å². The van der Waals surface area contributed by atoms with Crippen LogP contribution in [0.15, 0.2) is 0 Å². The minimum atomic E-state index is -3.47. The molecule has 74 valence electrons. The average Bonchev–Trinajstić information content (AvgIpc) is 1.95. The minimum absolute atomic E-state index is 0.0971. The summed E-state index contributed by atoms with van der Waals surface area (Å²) in [5.74, 6) is 0. The maximum absolute atomic E-state index is 10.8. The zero-order chi connectivity index (χ0) is 9.61. The van der Waals surface area contributed by atoms with E-state index < -0.39 is 6.30 Å². The van der Waals surface area contributed by atoms with Gasteiger partial charge >= 0.3 is 6.30 Å². The second kappa shape index (κ2) is 6.14. The summed E-state index contributed by atoms with van der Waals surface area (Å²) in [4.78, 5) is 8.87. The maximum atomic E-state index is 10.8. The van der Waals surface area contributed by atoms with Crippen molar-refractivity contribution in [2.24, 2.45) is 0 Å². The van der Waals surface area contributed by atoms with Gasteiger partial charge in [-0.1, -0.05) is 26.7 Å². The third-order valence-corrected chi connectivity index (χ3v) is 2.67. The summed E-state index contributed by atoms with van der Waals surface area (Å²) in [5.41, 5.74) is 0. The Morgan fingerprint density at radius 2 is 2.17 bits per heavy atom. The Balaban J connectivity index is 3.75. The fourth-order valence-corrected chi connectivity index (χ4v) is 2.28. The van der Waals surface area contributed by atoms with Crippen molar-refractivity contribution in [2.75, 3.05) is 0 Å². The van der Waals surface area contributed by atoms with Crippen LogP contribution in [0.25, 0.3) is 0 Å². The molecule has 5 heteroatoms. The quantitative estimate of drug-likeness (QED) is 0.743. The molecule has 0 bridgehead atoms. The van der Waals surface area contributed by atoms with Crippen LogP contribution in [0.5, 0.6) is 0 Å². The Morgan fingerprint density at radius 1 is 1.58 bits per heavy atom. The Kier molecular flexibility index (Phi) is 6.46. The van der Waals surface area contributed by atoms with Crippen LogP contribution < -0.4 is 0 Å². The van der Waals surface area contributed by atoms with E-state index in [-0.39, 0.29) is 6.10 Å². The zero-order valence-electron chi connectivity index (χ0n) is 7.49. The summed E-state index contributed by atoms with van der Waals surface area (Å²) >= 11 is 2.60. The lowest BCUT2D eigenvalue weighted by Crippen LogP contribution is -2.08. The smallest absolute Gasteiger partial charge is 0.316 e. The Bertz CT molecular complexity index is 157. The lowest BCUT2D eigenvalue weighted by atomic mass is 10.1. The predicted octanol–water partition coefficient (Wildman–Crippen LogP) is 3.47. The molecular weight excluding hydrogens is 243 g/mol. The van der Waals surface area contributed by atoms with Crippen molar-refractivity contribution in [3.05, 3.63) is 0 Å². The molecule has 0 fully saturated rings. The molecule has 0 aromatic heterocycles. The van der Waals surface area contributed by atoms with Crippen molar-refractivity contribution >= 4 is 21.8 Å². The van der Waals surface area contributed by atoms with Crippen LogP contribution in [0.4, 0.5) is 0 Å². The number of hydrogen-bond acceptors (Lipinski definition) is 2. The fourth-order valence-electron chi connectivity index (χ4n) is 0.947. The van der Waals surface area contributed by atoms with Gasteiger partial charge in [-0.05, 0) is 12.8 Å². The van der Waals surface area contributed by atoms with Crippen molar-refractivity contribution in [3.63, 3.8) is 0 Å². The molecule has 0 aliphatic rings. The molecule has 12 heavy (non-hydrogen) atoms. The number of halogens is 1. The van der Waals surface area contributed by atoms with Crippen LogP contribution >= 0.6 is 21.8 Å². The molecule has 0 radical (unpaired) electrons. The molecule has 2 atom stereocenters. The van der Waals surface area contributed by atoms with E-state index in [1.807, 2.05) is 6.92 Å².